The minimum Gasteiger partial charge on any atom is -0.497 e. The Hall–Kier alpha value is -1.22. The van der Waals surface area contributed by atoms with Crippen LogP contribution in [0.2, 0.25) is 0 Å². The minimum absolute atomic E-state index is 0.255. The van der Waals surface area contributed by atoms with Gasteiger partial charge in [0, 0.05) is 12.0 Å². The van der Waals surface area contributed by atoms with Gasteiger partial charge < -0.3 is 14.6 Å². The number of hydrogen-bond donors (Lipinski definition) is 1. The molecule has 1 aliphatic rings. The fourth-order valence-corrected chi connectivity index (χ4v) is 2.91. The Balaban J connectivity index is 2.06. The monoisotopic (exact) mass is 278 g/mol. The van der Waals surface area contributed by atoms with Gasteiger partial charge in [0.15, 0.2) is 0 Å². The summed E-state index contributed by atoms with van der Waals surface area (Å²) in [5.41, 5.74) is 0.588. The predicted octanol–water partition coefficient (Wildman–Crippen LogP) is 4.24. The molecule has 0 fully saturated rings. The van der Waals surface area contributed by atoms with Gasteiger partial charge in [0.05, 0.1) is 13.2 Å². The summed E-state index contributed by atoms with van der Waals surface area (Å²) in [6.45, 7) is 4.32. The number of rotatable bonds is 6. The standard InChI is InChI=1S/C17H26O3/c1-4-5-6-7-10-17(2)12-15(18)14-11-13(19-3)8-9-16(14)20-17/h8-9,11,15,18H,4-7,10,12H2,1-3H3/t15-,17?/m1/s1. The fourth-order valence-electron chi connectivity index (χ4n) is 2.91. The third-order valence-corrected chi connectivity index (χ3v) is 4.12. The van der Waals surface area contributed by atoms with E-state index in [0.29, 0.717) is 6.42 Å². The van der Waals surface area contributed by atoms with E-state index < -0.39 is 6.10 Å². The van der Waals surface area contributed by atoms with E-state index in [-0.39, 0.29) is 5.60 Å². The lowest BCUT2D eigenvalue weighted by Gasteiger charge is -2.38. The smallest absolute Gasteiger partial charge is 0.126 e. The fraction of sp³-hybridized carbons (Fsp3) is 0.647. The van der Waals surface area contributed by atoms with Crippen LogP contribution in [0.25, 0.3) is 0 Å². The molecule has 1 aromatic rings. The van der Waals surface area contributed by atoms with Crippen molar-refractivity contribution in [2.24, 2.45) is 0 Å². The third-order valence-electron chi connectivity index (χ3n) is 4.12. The van der Waals surface area contributed by atoms with Crippen LogP contribution in [0.3, 0.4) is 0 Å². The van der Waals surface area contributed by atoms with Crippen LogP contribution in [0, 0.1) is 0 Å². The maximum atomic E-state index is 10.4. The molecule has 0 amide bonds. The number of unbranched alkanes of at least 4 members (excludes halogenated alkanes) is 3. The second-order valence-electron chi connectivity index (χ2n) is 5.99. The molecule has 0 radical (unpaired) electrons. The molecule has 0 bridgehead atoms. The molecule has 3 heteroatoms. The molecule has 0 aromatic heterocycles. The molecule has 0 saturated heterocycles. The molecule has 0 aliphatic carbocycles. The van der Waals surface area contributed by atoms with E-state index in [1.54, 1.807) is 7.11 Å². The number of fused-ring (bicyclic) bond motifs is 1. The zero-order valence-corrected chi connectivity index (χ0v) is 12.8. The lowest BCUT2D eigenvalue weighted by molar-refractivity contribution is -0.00864. The van der Waals surface area contributed by atoms with Gasteiger partial charge in [-0.25, -0.2) is 0 Å². The molecule has 3 nitrogen and oxygen atoms in total. The highest BCUT2D eigenvalue weighted by Gasteiger charge is 2.36. The predicted molar refractivity (Wildman–Crippen MR) is 80.4 cm³/mol. The molecule has 1 unspecified atom stereocenters. The summed E-state index contributed by atoms with van der Waals surface area (Å²) in [6.07, 6.45) is 6.08. The zero-order valence-electron chi connectivity index (χ0n) is 12.8. The number of aliphatic hydroxyl groups excluding tert-OH is 1. The van der Waals surface area contributed by atoms with Crippen LogP contribution in [-0.4, -0.2) is 17.8 Å². The quantitative estimate of drug-likeness (QED) is 0.791. The third kappa shape index (κ3) is 3.45. The van der Waals surface area contributed by atoms with E-state index in [4.69, 9.17) is 9.47 Å². The van der Waals surface area contributed by atoms with E-state index in [2.05, 4.69) is 13.8 Å². The van der Waals surface area contributed by atoms with Crippen molar-refractivity contribution in [3.05, 3.63) is 23.8 Å². The first kappa shape index (κ1) is 15.2. The topological polar surface area (TPSA) is 38.7 Å². The van der Waals surface area contributed by atoms with Gasteiger partial charge in [-0.1, -0.05) is 26.2 Å². The van der Waals surface area contributed by atoms with Gasteiger partial charge in [0.1, 0.15) is 17.1 Å². The molecule has 2 rings (SSSR count). The molecule has 1 aromatic carbocycles. The van der Waals surface area contributed by atoms with Crippen LogP contribution in [0.5, 0.6) is 11.5 Å². The number of ether oxygens (including phenoxy) is 2. The first-order chi connectivity index (χ1) is 9.58. The Labute approximate surface area is 121 Å². The second-order valence-corrected chi connectivity index (χ2v) is 5.99. The molecular formula is C17H26O3. The summed E-state index contributed by atoms with van der Waals surface area (Å²) in [4.78, 5) is 0. The molecular weight excluding hydrogens is 252 g/mol. The van der Waals surface area contributed by atoms with Gasteiger partial charge in [-0.15, -0.1) is 0 Å². The van der Waals surface area contributed by atoms with E-state index in [1.807, 2.05) is 18.2 Å². The normalized spacial score (nSPS) is 24.9. The van der Waals surface area contributed by atoms with Crippen LogP contribution in [-0.2, 0) is 0 Å². The molecule has 1 heterocycles. The highest BCUT2D eigenvalue weighted by atomic mass is 16.5. The maximum Gasteiger partial charge on any atom is 0.126 e. The van der Waals surface area contributed by atoms with Crippen molar-refractivity contribution in [2.45, 2.75) is 64.1 Å². The zero-order chi connectivity index (χ0) is 14.6. The van der Waals surface area contributed by atoms with E-state index >= 15 is 0 Å². The Kier molecular flexibility index (Phi) is 4.92. The minimum atomic E-state index is -0.468. The van der Waals surface area contributed by atoms with E-state index in [1.165, 1.54) is 19.3 Å². The van der Waals surface area contributed by atoms with Crippen molar-refractivity contribution in [2.75, 3.05) is 7.11 Å². The summed E-state index contributed by atoms with van der Waals surface area (Å²) < 4.78 is 11.4. The first-order valence-corrected chi connectivity index (χ1v) is 7.63. The van der Waals surface area contributed by atoms with E-state index in [0.717, 1.165) is 29.9 Å². The lowest BCUT2D eigenvalue weighted by atomic mass is 9.86. The lowest BCUT2D eigenvalue weighted by Crippen LogP contribution is -2.38. The molecule has 1 N–H and O–H groups in total. The maximum absolute atomic E-state index is 10.4. The molecule has 0 saturated carbocycles. The highest BCUT2D eigenvalue weighted by molar-refractivity contribution is 5.43. The van der Waals surface area contributed by atoms with Crippen molar-refractivity contribution in [1.82, 2.24) is 0 Å². The van der Waals surface area contributed by atoms with E-state index in [9.17, 15) is 5.11 Å². The number of hydrogen-bond acceptors (Lipinski definition) is 3. The second kappa shape index (κ2) is 6.49. The summed E-state index contributed by atoms with van der Waals surface area (Å²) in [5, 5.41) is 10.4. The van der Waals surface area contributed by atoms with Crippen molar-refractivity contribution in [1.29, 1.82) is 0 Å². The Bertz CT molecular complexity index is 444. The SMILES string of the molecule is CCCCCCC1(C)C[C@@H](O)c2cc(OC)ccc2O1. The Morgan fingerprint density at radius 1 is 1.35 bits per heavy atom. The molecule has 1 aliphatic heterocycles. The van der Waals surface area contributed by atoms with Crippen LogP contribution in [0.4, 0.5) is 0 Å². The Morgan fingerprint density at radius 3 is 2.85 bits per heavy atom. The summed E-state index contributed by atoms with van der Waals surface area (Å²) >= 11 is 0. The number of aliphatic hydroxyl groups is 1. The van der Waals surface area contributed by atoms with Gasteiger partial charge in [-0.3, -0.25) is 0 Å². The number of methoxy groups -OCH3 is 1. The van der Waals surface area contributed by atoms with Crippen LogP contribution in [0.1, 0.15) is 64.0 Å². The Morgan fingerprint density at radius 2 is 2.15 bits per heavy atom. The average Bonchev–Trinajstić information content (AvgIpc) is 2.43. The highest BCUT2D eigenvalue weighted by Crippen LogP contribution is 2.43. The summed E-state index contributed by atoms with van der Waals surface area (Å²) in [5.74, 6) is 1.56. The van der Waals surface area contributed by atoms with Gasteiger partial charge in [0.2, 0.25) is 0 Å². The molecule has 0 spiro atoms. The van der Waals surface area contributed by atoms with Gasteiger partial charge in [-0.05, 0) is 38.0 Å². The van der Waals surface area contributed by atoms with Gasteiger partial charge >= 0.3 is 0 Å². The summed E-state index contributed by atoms with van der Waals surface area (Å²) in [6, 6.07) is 5.66. The molecule has 112 valence electrons. The number of benzene rings is 1. The molecule has 2 atom stereocenters. The van der Waals surface area contributed by atoms with Crippen molar-refractivity contribution in [3.63, 3.8) is 0 Å². The van der Waals surface area contributed by atoms with Crippen molar-refractivity contribution >= 4 is 0 Å². The van der Waals surface area contributed by atoms with Crippen LogP contribution < -0.4 is 9.47 Å². The van der Waals surface area contributed by atoms with Crippen molar-refractivity contribution < 1.29 is 14.6 Å². The molecule has 20 heavy (non-hydrogen) atoms. The summed E-state index contributed by atoms with van der Waals surface area (Å²) in [7, 11) is 1.63. The van der Waals surface area contributed by atoms with Crippen molar-refractivity contribution in [3.8, 4) is 11.5 Å². The van der Waals surface area contributed by atoms with Gasteiger partial charge in [0.25, 0.3) is 0 Å². The van der Waals surface area contributed by atoms with Crippen LogP contribution >= 0.6 is 0 Å². The van der Waals surface area contributed by atoms with Gasteiger partial charge in [-0.2, -0.15) is 0 Å². The van der Waals surface area contributed by atoms with Crippen LogP contribution in [0.15, 0.2) is 18.2 Å². The first-order valence-electron chi connectivity index (χ1n) is 7.63. The largest absolute Gasteiger partial charge is 0.497 e. The average molecular weight is 278 g/mol.